The van der Waals surface area contributed by atoms with Crippen molar-refractivity contribution >= 4 is 16.9 Å². The number of halogens is 3. The van der Waals surface area contributed by atoms with Crippen LogP contribution in [-0.2, 0) is 19.4 Å². The van der Waals surface area contributed by atoms with E-state index in [-0.39, 0.29) is 11.8 Å². The Morgan fingerprint density at radius 3 is 2.64 bits per heavy atom. The molecule has 0 aliphatic carbocycles. The standard InChI is InChI=1S/C23H24F3N3O4/c1-31-20-6-3-14(11-21(20)32-2)7-9-27-22(30)29-10-8-19-17(13-29)16-12-15(33-23(24,25)26)4-5-18(16)28-19/h3-6,11-12,28H,7-10,13H2,1-2H3,(H,27,30). The molecular weight excluding hydrogens is 439 g/mol. The number of hydrogen-bond acceptors (Lipinski definition) is 4. The topological polar surface area (TPSA) is 75.8 Å². The summed E-state index contributed by atoms with van der Waals surface area (Å²) in [4.78, 5) is 17.6. The van der Waals surface area contributed by atoms with Gasteiger partial charge in [-0.25, -0.2) is 4.79 Å². The Kier molecular flexibility index (Phi) is 6.26. The highest BCUT2D eigenvalue weighted by atomic mass is 19.4. The first kappa shape index (κ1) is 22.6. The van der Waals surface area contributed by atoms with Crippen molar-refractivity contribution in [3.8, 4) is 17.2 Å². The number of nitrogens with one attached hydrogen (secondary N) is 2. The maximum absolute atomic E-state index is 12.7. The van der Waals surface area contributed by atoms with E-state index in [9.17, 15) is 18.0 Å². The van der Waals surface area contributed by atoms with Gasteiger partial charge in [0, 0.05) is 48.2 Å². The minimum absolute atomic E-state index is 0.224. The first-order valence-electron chi connectivity index (χ1n) is 10.4. The van der Waals surface area contributed by atoms with Gasteiger partial charge < -0.3 is 29.4 Å². The van der Waals surface area contributed by atoms with E-state index >= 15 is 0 Å². The van der Waals surface area contributed by atoms with E-state index in [1.165, 1.54) is 12.1 Å². The van der Waals surface area contributed by atoms with Crippen LogP contribution in [0, 0.1) is 0 Å². The summed E-state index contributed by atoms with van der Waals surface area (Å²) in [6.45, 7) is 1.23. The van der Waals surface area contributed by atoms with Gasteiger partial charge in [0.05, 0.1) is 14.2 Å². The fourth-order valence-corrected chi connectivity index (χ4v) is 4.03. The van der Waals surface area contributed by atoms with E-state index in [1.54, 1.807) is 25.2 Å². The Bertz CT molecular complexity index is 1160. The quantitative estimate of drug-likeness (QED) is 0.569. The predicted molar refractivity (Wildman–Crippen MR) is 116 cm³/mol. The number of fused-ring (bicyclic) bond motifs is 3. The molecule has 10 heteroatoms. The van der Waals surface area contributed by atoms with Gasteiger partial charge in [0.1, 0.15) is 5.75 Å². The van der Waals surface area contributed by atoms with E-state index in [4.69, 9.17) is 9.47 Å². The molecule has 1 aliphatic heterocycles. The molecule has 0 bridgehead atoms. The van der Waals surface area contributed by atoms with Gasteiger partial charge in [0.25, 0.3) is 0 Å². The Hall–Kier alpha value is -3.56. The zero-order chi connectivity index (χ0) is 23.6. The Labute approximate surface area is 188 Å². The van der Waals surface area contributed by atoms with Crippen LogP contribution in [0.4, 0.5) is 18.0 Å². The van der Waals surface area contributed by atoms with Crippen LogP contribution >= 0.6 is 0 Å². The van der Waals surface area contributed by atoms with Crippen molar-refractivity contribution in [1.82, 2.24) is 15.2 Å². The average Bonchev–Trinajstić information content (AvgIpc) is 3.15. The predicted octanol–water partition coefficient (Wildman–Crippen LogP) is 4.39. The number of aromatic amines is 1. The molecule has 3 aromatic rings. The summed E-state index contributed by atoms with van der Waals surface area (Å²) in [7, 11) is 3.14. The molecule has 0 radical (unpaired) electrons. The molecule has 1 aromatic heterocycles. The van der Waals surface area contributed by atoms with Crippen LogP contribution in [0.5, 0.6) is 17.2 Å². The summed E-state index contributed by atoms with van der Waals surface area (Å²) in [5.74, 6) is 0.975. The van der Waals surface area contributed by atoms with Gasteiger partial charge in [-0.2, -0.15) is 0 Å². The maximum atomic E-state index is 12.7. The molecule has 1 aliphatic rings. The van der Waals surface area contributed by atoms with Crippen LogP contribution in [-0.4, -0.2) is 49.6 Å². The number of methoxy groups -OCH3 is 2. The van der Waals surface area contributed by atoms with E-state index in [2.05, 4.69) is 15.0 Å². The van der Waals surface area contributed by atoms with Crippen molar-refractivity contribution in [3.05, 3.63) is 53.2 Å². The fourth-order valence-electron chi connectivity index (χ4n) is 4.03. The molecule has 0 saturated heterocycles. The van der Waals surface area contributed by atoms with Crippen molar-refractivity contribution < 1.29 is 32.2 Å². The highest BCUT2D eigenvalue weighted by molar-refractivity contribution is 5.87. The summed E-state index contributed by atoms with van der Waals surface area (Å²) in [6.07, 6.45) is -3.57. The minimum Gasteiger partial charge on any atom is -0.493 e. The second-order valence-corrected chi connectivity index (χ2v) is 7.68. The minimum atomic E-state index is -4.76. The fraction of sp³-hybridized carbons (Fsp3) is 0.348. The zero-order valence-corrected chi connectivity index (χ0v) is 18.2. The van der Waals surface area contributed by atoms with Gasteiger partial charge in [0.2, 0.25) is 0 Å². The summed E-state index contributed by atoms with van der Waals surface area (Å²) in [5, 5.41) is 3.53. The van der Waals surface area contributed by atoms with Crippen LogP contribution in [0.2, 0.25) is 0 Å². The van der Waals surface area contributed by atoms with E-state index in [0.29, 0.717) is 54.9 Å². The SMILES string of the molecule is COc1ccc(CCNC(=O)N2CCc3[nH]c4ccc(OC(F)(F)F)cc4c3C2)cc1OC. The van der Waals surface area contributed by atoms with Crippen molar-refractivity contribution in [2.45, 2.75) is 25.7 Å². The van der Waals surface area contributed by atoms with Crippen LogP contribution in [0.3, 0.4) is 0 Å². The number of amides is 2. The molecule has 2 N–H and O–H groups in total. The molecule has 0 unspecified atom stereocenters. The lowest BCUT2D eigenvalue weighted by molar-refractivity contribution is -0.274. The van der Waals surface area contributed by atoms with Gasteiger partial charge in [0.15, 0.2) is 11.5 Å². The number of benzene rings is 2. The summed E-state index contributed by atoms with van der Waals surface area (Å²) >= 11 is 0. The normalized spacial score (nSPS) is 13.5. The van der Waals surface area contributed by atoms with Crippen molar-refractivity contribution in [3.63, 3.8) is 0 Å². The largest absolute Gasteiger partial charge is 0.573 e. The third kappa shape index (κ3) is 5.10. The molecule has 0 atom stereocenters. The number of alkyl halides is 3. The molecule has 4 rings (SSSR count). The van der Waals surface area contributed by atoms with Crippen LogP contribution in [0.15, 0.2) is 36.4 Å². The highest BCUT2D eigenvalue weighted by Crippen LogP contribution is 2.32. The maximum Gasteiger partial charge on any atom is 0.573 e. The summed E-state index contributed by atoms with van der Waals surface area (Å²) in [5.41, 5.74) is 3.43. The van der Waals surface area contributed by atoms with Crippen LogP contribution in [0.25, 0.3) is 10.9 Å². The van der Waals surface area contributed by atoms with Gasteiger partial charge in [-0.15, -0.1) is 13.2 Å². The molecule has 7 nitrogen and oxygen atoms in total. The van der Waals surface area contributed by atoms with Gasteiger partial charge >= 0.3 is 12.4 Å². The van der Waals surface area contributed by atoms with E-state index in [0.717, 1.165) is 16.8 Å². The number of carbonyl (C=O) groups excluding carboxylic acids is 1. The van der Waals surface area contributed by atoms with Gasteiger partial charge in [-0.05, 0) is 42.3 Å². The molecule has 33 heavy (non-hydrogen) atoms. The number of urea groups is 1. The molecule has 2 amide bonds. The molecule has 2 heterocycles. The van der Waals surface area contributed by atoms with Crippen molar-refractivity contribution in [2.24, 2.45) is 0 Å². The number of carbonyl (C=O) groups is 1. The molecular formula is C23H24F3N3O4. The summed E-state index contributed by atoms with van der Waals surface area (Å²) < 4.78 is 52.4. The second kappa shape index (κ2) is 9.13. The second-order valence-electron chi connectivity index (χ2n) is 7.68. The van der Waals surface area contributed by atoms with E-state index in [1.807, 2.05) is 18.2 Å². The average molecular weight is 463 g/mol. The Balaban J connectivity index is 1.40. The smallest absolute Gasteiger partial charge is 0.493 e. The highest BCUT2D eigenvalue weighted by Gasteiger charge is 2.31. The van der Waals surface area contributed by atoms with Crippen LogP contribution in [0.1, 0.15) is 16.8 Å². The number of aromatic nitrogens is 1. The number of H-pyrrole nitrogens is 1. The van der Waals surface area contributed by atoms with Gasteiger partial charge in [-0.1, -0.05) is 6.07 Å². The molecule has 0 fully saturated rings. The molecule has 0 saturated carbocycles. The van der Waals surface area contributed by atoms with Gasteiger partial charge in [-0.3, -0.25) is 0 Å². The number of rotatable bonds is 6. The molecule has 0 spiro atoms. The number of ether oxygens (including phenoxy) is 3. The lowest BCUT2D eigenvalue weighted by Crippen LogP contribution is -2.43. The van der Waals surface area contributed by atoms with Crippen LogP contribution < -0.4 is 19.5 Å². The first-order chi connectivity index (χ1) is 15.8. The summed E-state index contributed by atoms with van der Waals surface area (Å²) in [6, 6.07) is 9.56. The Morgan fingerprint density at radius 1 is 1.12 bits per heavy atom. The Morgan fingerprint density at radius 2 is 1.91 bits per heavy atom. The molecule has 176 valence electrons. The number of nitrogens with zero attached hydrogens (tertiary/aromatic N) is 1. The lowest BCUT2D eigenvalue weighted by atomic mass is 10.0. The lowest BCUT2D eigenvalue weighted by Gasteiger charge is -2.27. The van der Waals surface area contributed by atoms with E-state index < -0.39 is 6.36 Å². The van der Waals surface area contributed by atoms with Crippen molar-refractivity contribution in [1.29, 1.82) is 0 Å². The number of hydrogen-bond donors (Lipinski definition) is 2. The zero-order valence-electron chi connectivity index (χ0n) is 18.2. The van der Waals surface area contributed by atoms with Crippen molar-refractivity contribution in [2.75, 3.05) is 27.3 Å². The molecule has 2 aromatic carbocycles. The monoisotopic (exact) mass is 463 g/mol. The first-order valence-corrected chi connectivity index (χ1v) is 10.4. The third-order valence-corrected chi connectivity index (χ3v) is 5.61. The third-order valence-electron chi connectivity index (χ3n) is 5.61.